The van der Waals surface area contributed by atoms with Crippen molar-refractivity contribution in [1.29, 1.82) is 0 Å². The number of carboxylic acid groups (broad SMARTS) is 2. The molecular weight excluding hydrogens is 296 g/mol. The Labute approximate surface area is 131 Å². The Balaban J connectivity index is 2.25. The fourth-order valence-electron chi connectivity index (χ4n) is 2.39. The number of benzene rings is 1. The molecule has 3 rings (SSSR count). The summed E-state index contributed by atoms with van der Waals surface area (Å²) in [5.41, 5.74) is 2.22. The lowest BCUT2D eigenvalue weighted by atomic mass is 10.0. The lowest BCUT2D eigenvalue weighted by Crippen LogP contribution is -2.03. The van der Waals surface area contributed by atoms with Crippen molar-refractivity contribution in [2.45, 2.75) is 6.42 Å². The van der Waals surface area contributed by atoms with Crippen LogP contribution in [0.2, 0.25) is 0 Å². The zero-order chi connectivity index (χ0) is 16.4. The summed E-state index contributed by atoms with van der Waals surface area (Å²) in [5, 5.41) is 18.8. The largest absolute Gasteiger partial charge is 0.481 e. The van der Waals surface area contributed by atoms with Gasteiger partial charge in [0.05, 0.1) is 28.9 Å². The molecule has 6 heteroatoms. The fourth-order valence-corrected chi connectivity index (χ4v) is 2.39. The lowest BCUT2D eigenvalue weighted by Gasteiger charge is -2.09. The topological polar surface area (TPSA) is 100 Å². The predicted molar refractivity (Wildman–Crippen MR) is 83.3 cm³/mol. The van der Waals surface area contributed by atoms with E-state index in [9.17, 15) is 9.59 Å². The molecule has 0 saturated carbocycles. The summed E-state index contributed by atoms with van der Waals surface area (Å²) in [6.07, 6.45) is 1.44. The number of rotatable bonds is 4. The number of hydrogen-bond acceptors (Lipinski definition) is 4. The van der Waals surface area contributed by atoms with Gasteiger partial charge in [-0.1, -0.05) is 12.1 Å². The fraction of sp³-hybridized carbons (Fsp3) is 0.0588. The van der Waals surface area contributed by atoms with Crippen molar-refractivity contribution in [2.24, 2.45) is 0 Å². The number of carboxylic acids is 2. The number of aromatic carboxylic acids is 1. The second kappa shape index (κ2) is 5.84. The first-order valence-electron chi connectivity index (χ1n) is 6.85. The third kappa shape index (κ3) is 3.01. The highest BCUT2D eigenvalue weighted by Crippen LogP contribution is 2.25. The van der Waals surface area contributed by atoms with Crippen LogP contribution in [0.25, 0.3) is 22.3 Å². The predicted octanol–water partition coefficient (Wildman–Crippen LogP) is 2.62. The van der Waals surface area contributed by atoms with E-state index in [4.69, 9.17) is 10.2 Å². The Bertz CT molecular complexity index is 907. The lowest BCUT2D eigenvalue weighted by molar-refractivity contribution is -0.136. The SMILES string of the molecule is O=C(O)Cc1cc(-c2ccccn2)nc2cc(C(=O)O)ccc12. The molecule has 0 aliphatic carbocycles. The molecule has 0 atom stereocenters. The van der Waals surface area contributed by atoms with Crippen molar-refractivity contribution in [1.82, 2.24) is 9.97 Å². The summed E-state index contributed by atoms with van der Waals surface area (Å²) >= 11 is 0. The third-order valence-corrected chi connectivity index (χ3v) is 3.41. The molecule has 0 saturated heterocycles. The molecule has 0 fully saturated rings. The zero-order valence-electron chi connectivity index (χ0n) is 11.9. The normalized spacial score (nSPS) is 10.6. The van der Waals surface area contributed by atoms with Gasteiger partial charge in [0.25, 0.3) is 0 Å². The summed E-state index contributed by atoms with van der Waals surface area (Å²) in [6.45, 7) is 0. The minimum absolute atomic E-state index is 0.101. The van der Waals surface area contributed by atoms with Gasteiger partial charge in [-0.05, 0) is 35.9 Å². The van der Waals surface area contributed by atoms with E-state index in [0.717, 1.165) is 0 Å². The number of hydrogen-bond donors (Lipinski definition) is 2. The summed E-state index contributed by atoms with van der Waals surface area (Å²) in [7, 11) is 0. The highest BCUT2D eigenvalue weighted by Gasteiger charge is 2.13. The smallest absolute Gasteiger partial charge is 0.335 e. The van der Waals surface area contributed by atoms with Crippen LogP contribution >= 0.6 is 0 Å². The molecule has 6 nitrogen and oxygen atoms in total. The van der Waals surface area contributed by atoms with E-state index in [0.29, 0.717) is 27.9 Å². The van der Waals surface area contributed by atoms with Crippen molar-refractivity contribution in [2.75, 3.05) is 0 Å². The van der Waals surface area contributed by atoms with Crippen LogP contribution in [0, 0.1) is 0 Å². The van der Waals surface area contributed by atoms with Crippen LogP contribution in [0.15, 0.2) is 48.7 Å². The molecule has 114 valence electrons. The van der Waals surface area contributed by atoms with E-state index in [1.54, 1.807) is 36.5 Å². The van der Waals surface area contributed by atoms with Gasteiger partial charge >= 0.3 is 11.9 Å². The van der Waals surface area contributed by atoms with Gasteiger partial charge in [-0.15, -0.1) is 0 Å². The molecular formula is C17H12N2O4. The highest BCUT2D eigenvalue weighted by atomic mass is 16.4. The molecule has 0 aliphatic rings. The van der Waals surface area contributed by atoms with E-state index in [1.807, 2.05) is 0 Å². The van der Waals surface area contributed by atoms with E-state index in [2.05, 4.69) is 9.97 Å². The second-order valence-electron chi connectivity index (χ2n) is 4.99. The maximum Gasteiger partial charge on any atom is 0.335 e. The second-order valence-corrected chi connectivity index (χ2v) is 4.99. The van der Waals surface area contributed by atoms with Gasteiger partial charge in [0.2, 0.25) is 0 Å². The Kier molecular flexibility index (Phi) is 3.72. The van der Waals surface area contributed by atoms with Crippen LogP contribution in [-0.4, -0.2) is 32.1 Å². The first-order valence-corrected chi connectivity index (χ1v) is 6.85. The van der Waals surface area contributed by atoms with Crippen molar-refractivity contribution < 1.29 is 19.8 Å². The standard InChI is InChI=1S/C17H12N2O4/c20-16(21)9-11-8-15(13-3-1-2-6-18-13)19-14-7-10(17(22)23)4-5-12(11)14/h1-8H,9H2,(H,20,21)(H,22,23). The molecule has 0 unspecified atom stereocenters. The molecule has 0 amide bonds. The quantitative estimate of drug-likeness (QED) is 0.768. The van der Waals surface area contributed by atoms with Gasteiger partial charge in [-0.25, -0.2) is 9.78 Å². The molecule has 2 aromatic heterocycles. The van der Waals surface area contributed by atoms with Gasteiger partial charge in [0.1, 0.15) is 0 Å². The maximum atomic E-state index is 11.1. The van der Waals surface area contributed by atoms with Crippen LogP contribution in [-0.2, 0) is 11.2 Å². The number of fused-ring (bicyclic) bond motifs is 1. The number of aliphatic carboxylic acids is 1. The molecule has 3 aromatic rings. The molecule has 0 spiro atoms. The summed E-state index contributed by atoms with van der Waals surface area (Å²) in [4.78, 5) is 30.9. The van der Waals surface area contributed by atoms with Gasteiger partial charge in [-0.3, -0.25) is 9.78 Å². The molecule has 0 aliphatic heterocycles. The molecule has 1 aromatic carbocycles. The Morgan fingerprint density at radius 2 is 1.83 bits per heavy atom. The Morgan fingerprint density at radius 1 is 1.00 bits per heavy atom. The van der Waals surface area contributed by atoms with Gasteiger partial charge in [-0.2, -0.15) is 0 Å². The van der Waals surface area contributed by atoms with Crippen LogP contribution in [0.4, 0.5) is 0 Å². The van der Waals surface area contributed by atoms with Crippen molar-refractivity contribution in [3.8, 4) is 11.4 Å². The van der Waals surface area contributed by atoms with Crippen LogP contribution < -0.4 is 0 Å². The number of pyridine rings is 2. The van der Waals surface area contributed by atoms with Crippen LogP contribution in [0.5, 0.6) is 0 Å². The molecule has 2 heterocycles. The minimum Gasteiger partial charge on any atom is -0.481 e. The molecule has 2 N–H and O–H groups in total. The number of carbonyl (C=O) groups is 2. The Morgan fingerprint density at radius 3 is 2.48 bits per heavy atom. The third-order valence-electron chi connectivity index (χ3n) is 3.41. The van der Waals surface area contributed by atoms with Crippen LogP contribution in [0.3, 0.4) is 0 Å². The molecule has 0 bridgehead atoms. The minimum atomic E-state index is -1.06. The van der Waals surface area contributed by atoms with E-state index in [1.165, 1.54) is 12.1 Å². The van der Waals surface area contributed by atoms with Gasteiger partial charge in [0, 0.05) is 11.6 Å². The first kappa shape index (κ1) is 14.6. The highest BCUT2D eigenvalue weighted by molar-refractivity contribution is 5.95. The summed E-state index contributed by atoms with van der Waals surface area (Å²) in [5.74, 6) is -2.02. The van der Waals surface area contributed by atoms with Crippen molar-refractivity contribution in [3.63, 3.8) is 0 Å². The van der Waals surface area contributed by atoms with Crippen molar-refractivity contribution in [3.05, 3.63) is 59.8 Å². The van der Waals surface area contributed by atoms with Gasteiger partial charge in [0.15, 0.2) is 0 Å². The Hall–Kier alpha value is -3.28. The number of nitrogens with zero attached hydrogens (tertiary/aromatic N) is 2. The molecule has 0 radical (unpaired) electrons. The van der Waals surface area contributed by atoms with E-state index in [-0.39, 0.29) is 12.0 Å². The van der Waals surface area contributed by atoms with Gasteiger partial charge < -0.3 is 10.2 Å². The monoisotopic (exact) mass is 308 g/mol. The number of aromatic nitrogens is 2. The summed E-state index contributed by atoms with van der Waals surface area (Å²) < 4.78 is 0. The first-order chi connectivity index (χ1) is 11.0. The average molecular weight is 308 g/mol. The molecule has 23 heavy (non-hydrogen) atoms. The van der Waals surface area contributed by atoms with Crippen LogP contribution in [0.1, 0.15) is 15.9 Å². The van der Waals surface area contributed by atoms with E-state index < -0.39 is 11.9 Å². The zero-order valence-corrected chi connectivity index (χ0v) is 11.9. The van der Waals surface area contributed by atoms with Crippen molar-refractivity contribution >= 4 is 22.8 Å². The van der Waals surface area contributed by atoms with E-state index >= 15 is 0 Å². The maximum absolute atomic E-state index is 11.1. The average Bonchev–Trinajstić information content (AvgIpc) is 2.54. The summed E-state index contributed by atoms with van der Waals surface area (Å²) in [6, 6.07) is 11.5.